The van der Waals surface area contributed by atoms with E-state index in [0.29, 0.717) is 0 Å². The van der Waals surface area contributed by atoms with Gasteiger partial charge in [0.05, 0.1) is 6.54 Å². The second-order valence-electron chi connectivity index (χ2n) is 8.57. The number of carboxylic acids is 1. The number of nitrogens with zero attached hydrogens (tertiary/aromatic N) is 1. The molecule has 0 radical (unpaired) electrons. The number of hydrogen-bond donors (Lipinski definition) is 6. The summed E-state index contributed by atoms with van der Waals surface area (Å²) in [7, 11) is 0. The lowest BCUT2D eigenvalue weighted by Gasteiger charge is -2.30. The fraction of sp³-hybridized carbons (Fsp3) is 0.478. The largest absolute Gasteiger partial charge is 0.479 e. The van der Waals surface area contributed by atoms with E-state index in [1.165, 1.54) is 26.0 Å². The molecule has 1 unspecified atom stereocenters. The third-order valence-corrected chi connectivity index (χ3v) is 5.03. The molecule has 13 heteroatoms. The number of carbonyl (C=O) groups is 6. The van der Waals surface area contributed by atoms with E-state index in [1.54, 1.807) is 18.2 Å². The van der Waals surface area contributed by atoms with Crippen LogP contribution in [0.4, 0.5) is 0 Å². The van der Waals surface area contributed by atoms with E-state index >= 15 is 0 Å². The maximum Gasteiger partial charge on any atom is 0.341 e. The Balaban J connectivity index is 3.07. The highest BCUT2D eigenvalue weighted by atomic mass is 16.4. The van der Waals surface area contributed by atoms with Gasteiger partial charge in [-0.1, -0.05) is 32.0 Å². The summed E-state index contributed by atoms with van der Waals surface area (Å²) >= 11 is 0. The molecule has 0 aliphatic carbocycles. The lowest BCUT2D eigenvalue weighted by Crippen LogP contribution is -2.63. The maximum absolute atomic E-state index is 13.1. The smallest absolute Gasteiger partial charge is 0.341 e. The number of nitrogens with one attached hydrogen (secondary N) is 3. The van der Waals surface area contributed by atoms with Crippen LogP contribution >= 0.6 is 0 Å². The van der Waals surface area contributed by atoms with Crippen molar-refractivity contribution in [1.29, 1.82) is 0 Å². The number of carboxylic acid groups (broad SMARTS) is 1. The highest BCUT2D eigenvalue weighted by molar-refractivity contribution is 6.06. The third kappa shape index (κ3) is 8.74. The summed E-state index contributed by atoms with van der Waals surface area (Å²) in [6.07, 6.45) is -1.85. The molecule has 8 N–H and O–H groups in total. The van der Waals surface area contributed by atoms with Crippen LogP contribution in [0.5, 0.6) is 0 Å². The molecule has 0 fully saturated rings. The SMILES string of the molecule is CC(C)C[C@H](NC(=O)CN)C(=O)N[C@@H](C)C(=O)N(C(=O)[C@H](C)NC(=O)c1ccccc1)C(N)C(=O)O. The molecule has 4 atom stereocenters. The minimum Gasteiger partial charge on any atom is -0.479 e. The Labute approximate surface area is 208 Å². The molecule has 198 valence electrons. The predicted molar refractivity (Wildman–Crippen MR) is 129 cm³/mol. The van der Waals surface area contributed by atoms with Crippen LogP contribution in [-0.4, -0.2) is 76.3 Å². The van der Waals surface area contributed by atoms with Gasteiger partial charge in [-0.15, -0.1) is 0 Å². The molecule has 0 bridgehead atoms. The monoisotopic (exact) mass is 506 g/mol. The minimum absolute atomic E-state index is 0.00239. The highest BCUT2D eigenvalue weighted by Crippen LogP contribution is 2.08. The molecule has 0 aliphatic rings. The molecule has 5 amide bonds. The summed E-state index contributed by atoms with van der Waals surface area (Å²) in [5, 5.41) is 16.6. The lowest BCUT2D eigenvalue weighted by molar-refractivity contribution is -0.159. The van der Waals surface area contributed by atoms with Gasteiger partial charge in [0, 0.05) is 5.56 Å². The molecule has 0 saturated carbocycles. The quantitative estimate of drug-likeness (QED) is 0.182. The average Bonchev–Trinajstić information content (AvgIpc) is 2.83. The standard InChI is InChI=1S/C23H34N6O7/c1-12(2)10-16(28-17(30)11-24)20(32)27-14(4)22(34)29(18(25)23(35)36)21(33)13(3)26-19(31)15-8-6-5-7-9-15/h5-9,12-14,16,18H,10-11,24-25H2,1-4H3,(H,26,31)(H,27,32)(H,28,30)(H,35,36)/t13-,14-,16-,18?/m0/s1. The van der Waals surface area contributed by atoms with Gasteiger partial charge in [-0.25, -0.2) is 4.79 Å². The zero-order valence-corrected chi connectivity index (χ0v) is 20.7. The van der Waals surface area contributed by atoms with E-state index in [-0.39, 0.29) is 29.3 Å². The van der Waals surface area contributed by atoms with Crippen molar-refractivity contribution in [2.45, 2.75) is 58.4 Å². The zero-order valence-electron chi connectivity index (χ0n) is 20.7. The fourth-order valence-electron chi connectivity index (χ4n) is 3.17. The Morgan fingerprint density at radius 1 is 0.889 bits per heavy atom. The zero-order chi connectivity index (χ0) is 27.6. The van der Waals surface area contributed by atoms with Gasteiger partial charge in [-0.05, 0) is 38.3 Å². The van der Waals surface area contributed by atoms with Crippen LogP contribution in [0, 0.1) is 5.92 Å². The lowest BCUT2D eigenvalue weighted by atomic mass is 10.0. The van der Waals surface area contributed by atoms with Crippen LogP contribution in [0.1, 0.15) is 44.5 Å². The van der Waals surface area contributed by atoms with Crippen molar-refractivity contribution in [1.82, 2.24) is 20.9 Å². The van der Waals surface area contributed by atoms with E-state index in [1.807, 2.05) is 13.8 Å². The Morgan fingerprint density at radius 2 is 1.42 bits per heavy atom. The first-order valence-corrected chi connectivity index (χ1v) is 11.3. The number of aliphatic carboxylic acids is 1. The summed E-state index contributed by atoms with van der Waals surface area (Å²) in [5.74, 6) is -5.81. The van der Waals surface area contributed by atoms with Crippen LogP contribution in [0.25, 0.3) is 0 Å². The Hall–Kier alpha value is -3.84. The van der Waals surface area contributed by atoms with E-state index in [2.05, 4.69) is 16.0 Å². The Kier molecular flexibility index (Phi) is 11.7. The minimum atomic E-state index is -2.08. The number of rotatable bonds is 12. The van der Waals surface area contributed by atoms with Crippen LogP contribution in [0.3, 0.4) is 0 Å². The molecule has 0 spiro atoms. The summed E-state index contributed by atoms with van der Waals surface area (Å²) in [4.78, 5) is 74.8. The molecule has 1 aromatic carbocycles. The average molecular weight is 507 g/mol. The predicted octanol–water partition coefficient (Wildman–Crippen LogP) is -1.48. The molecule has 0 aliphatic heterocycles. The molecule has 0 saturated heterocycles. The molecule has 13 nitrogen and oxygen atoms in total. The van der Waals surface area contributed by atoms with Crippen molar-refractivity contribution in [2.75, 3.05) is 6.54 Å². The van der Waals surface area contributed by atoms with Gasteiger partial charge in [-0.2, -0.15) is 0 Å². The van der Waals surface area contributed by atoms with Gasteiger partial charge >= 0.3 is 5.97 Å². The topological polar surface area (TPSA) is 214 Å². The van der Waals surface area contributed by atoms with Gasteiger partial charge in [0.1, 0.15) is 18.1 Å². The van der Waals surface area contributed by atoms with E-state index < -0.39 is 59.8 Å². The van der Waals surface area contributed by atoms with Crippen molar-refractivity contribution in [2.24, 2.45) is 17.4 Å². The molecule has 0 aromatic heterocycles. The van der Waals surface area contributed by atoms with E-state index in [9.17, 15) is 33.9 Å². The number of carbonyl (C=O) groups excluding carboxylic acids is 5. The van der Waals surface area contributed by atoms with Crippen LogP contribution in [0.2, 0.25) is 0 Å². The van der Waals surface area contributed by atoms with Crippen molar-refractivity contribution in [3.63, 3.8) is 0 Å². The summed E-state index contributed by atoms with van der Waals surface area (Å²) < 4.78 is 0. The molecular weight excluding hydrogens is 472 g/mol. The number of amides is 5. The Morgan fingerprint density at radius 3 is 1.89 bits per heavy atom. The molecule has 1 rings (SSSR count). The highest BCUT2D eigenvalue weighted by Gasteiger charge is 2.38. The summed E-state index contributed by atoms with van der Waals surface area (Å²) in [6.45, 7) is 5.79. The first kappa shape index (κ1) is 30.2. The number of hydrogen-bond acceptors (Lipinski definition) is 8. The van der Waals surface area contributed by atoms with Gasteiger partial charge in [-0.3, -0.25) is 28.9 Å². The van der Waals surface area contributed by atoms with Crippen molar-refractivity contribution in [3.8, 4) is 0 Å². The van der Waals surface area contributed by atoms with Crippen molar-refractivity contribution < 1.29 is 33.9 Å². The van der Waals surface area contributed by atoms with Crippen LogP contribution < -0.4 is 27.4 Å². The number of benzene rings is 1. The fourth-order valence-corrected chi connectivity index (χ4v) is 3.17. The maximum atomic E-state index is 13.1. The van der Waals surface area contributed by atoms with Gasteiger partial charge < -0.3 is 32.5 Å². The third-order valence-electron chi connectivity index (χ3n) is 5.03. The number of nitrogens with two attached hydrogens (primary N) is 2. The van der Waals surface area contributed by atoms with Crippen molar-refractivity contribution in [3.05, 3.63) is 35.9 Å². The van der Waals surface area contributed by atoms with Crippen LogP contribution in [-0.2, 0) is 24.0 Å². The van der Waals surface area contributed by atoms with Crippen LogP contribution in [0.15, 0.2) is 30.3 Å². The Bertz CT molecular complexity index is 969. The molecular formula is C23H34N6O7. The van der Waals surface area contributed by atoms with E-state index in [4.69, 9.17) is 11.5 Å². The van der Waals surface area contributed by atoms with Crippen molar-refractivity contribution >= 4 is 35.5 Å². The summed E-state index contributed by atoms with van der Waals surface area (Å²) in [5.41, 5.74) is 11.1. The van der Waals surface area contributed by atoms with Gasteiger partial charge in [0.25, 0.3) is 17.7 Å². The second-order valence-corrected chi connectivity index (χ2v) is 8.57. The summed E-state index contributed by atoms with van der Waals surface area (Å²) in [6, 6.07) is 4.20. The van der Waals surface area contributed by atoms with E-state index in [0.717, 1.165) is 0 Å². The molecule has 0 heterocycles. The molecule has 1 aromatic rings. The molecule has 36 heavy (non-hydrogen) atoms. The second kappa shape index (κ2) is 13.9. The van der Waals surface area contributed by atoms with Gasteiger partial charge in [0.15, 0.2) is 6.17 Å². The number of imide groups is 1. The normalized spacial score (nSPS) is 14.1. The first-order chi connectivity index (χ1) is 16.8. The first-order valence-electron chi connectivity index (χ1n) is 11.3. The van der Waals surface area contributed by atoms with Gasteiger partial charge in [0.2, 0.25) is 11.8 Å².